The van der Waals surface area contributed by atoms with Crippen molar-refractivity contribution in [3.05, 3.63) is 222 Å². The van der Waals surface area contributed by atoms with Gasteiger partial charge in [-0.05, 0) is 124 Å². The summed E-state index contributed by atoms with van der Waals surface area (Å²) in [6, 6.07) is 60.8. The van der Waals surface area contributed by atoms with Gasteiger partial charge in [-0.3, -0.25) is 4.57 Å². The van der Waals surface area contributed by atoms with Gasteiger partial charge in [0.2, 0.25) is 5.96 Å². The lowest BCUT2D eigenvalue weighted by atomic mass is 9.63. The summed E-state index contributed by atoms with van der Waals surface area (Å²) in [5, 5.41) is 6.63. The van der Waals surface area contributed by atoms with E-state index >= 15 is 0 Å². The Hall–Kier alpha value is -7.17. The molecule has 0 radical (unpaired) electrons. The number of para-hydroxylation sites is 3. The first-order valence-electron chi connectivity index (χ1n) is 22.7. The fourth-order valence-corrected chi connectivity index (χ4v) is 12.3. The highest BCUT2D eigenvalue weighted by Gasteiger charge is 2.52. The Morgan fingerprint density at radius 2 is 1.33 bits per heavy atom. The Morgan fingerprint density at radius 3 is 2.22 bits per heavy atom. The van der Waals surface area contributed by atoms with Crippen molar-refractivity contribution in [2.45, 2.75) is 50.0 Å². The van der Waals surface area contributed by atoms with Crippen molar-refractivity contribution < 1.29 is 0 Å². The average Bonchev–Trinajstić information content (AvgIpc) is 3.94. The molecule has 5 unspecified atom stereocenters. The number of hydrogen-bond donors (Lipinski definition) is 1. The smallest absolute Gasteiger partial charge is 0.209 e. The van der Waals surface area contributed by atoms with Crippen LogP contribution in [0.3, 0.4) is 0 Å². The summed E-state index contributed by atoms with van der Waals surface area (Å²) in [5.41, 5.74) is 17.9. The molecule has 8 aromatic rings. The van der Waals surface area contributed by atoms with Gasteiger partial charge < -0.3 is 10.2 Å². The van der Waals surface area contributed by atoms with Gasteiger partial charge in [-0.1, -0.05) is 153 Å². The van der Waals surface area contributed by atoms with Crippen LogP contribution in [0.4, 0.5) is 17.1 Å². The second kappa shape index (κ2) is 13.9. The molecular weight excluding hydrogens is 765 g/mol. The lowest BCUT2D eigenvalue weighted by molar-refractivity contribution is 0.171. The number of allylic oxidation sites excluding steroid dienone is 6. The van der Waals surface area contributed by atoms with Crippen molar-refractivity contribution in [2.75, 3.05) is 4.90 Å². The van der Waals surface area contributed by atoms with Gasteiger partial charge >= 0.3 is 0 Å². The van der Waals surface area contributed by atoms with Gasteiger partial charge in [0.25, 0.3) is 0 Å². The van der Waals surface area contributed by atoms with E-state index in [-0.39, 0.29) is 11.5 Å². The van der Waals surface area contributed by atoms with Gasteiger partial charge in [-0.25, -0.2) is 4.99 Å². The standard InChI is InChI=1S/C59H48N4/c1-59(2)50-36-40(37-16-5-3-6-17-37)28-31-42(50)45-23-15-24-47(56(45)59)57-46-22-9-12-25-51(46)60-58(61-57)63-53-27-14-11-21-44(53)49-35-39(30-33-55(49)63)38-29-32-54-48(34-38)43-20-10-13-26-52(43)62(54)41-18-7-4-8-19-41/h3-19,21-23,25-36,43,45,47,56-57H,20,24H2,1-2H3,(H,60,61). The number of aliphatic imine (C=N–C) groups is 1. The van der Waals surface area contributed by atoms with E-state index in [9.17, 15) is 0 Å². The Labute approximate surface area is 369 Å². The van der Waals surface area contributed by atoms with E-state index in [1.807, 2.05) is 0 Å². The molecule has 2 aliphatic heterocycles. The van der Waals surface area contributed by atoms with E-state index in [1.165, 1.54) is 72.4 Å². The molecule has 63 heavy (non-hydrogen) atoms. The third-order valence-electron chi connectivity index (χ3n) is 15.1. The molecule has 0 saturated heterocycles. The molecule has 0 spiro atoms. The second-order valence-corrected chi connectivity index (χ2v) is 18.7. The minimum Gasteiger partial charge on any atom is -0.348 e. The lowest BCUT2D eigenvalue weighted by Crippen LogP contribution is -2.45. The maximum absolute atomic E-state index is 5.47. The Morgan fingerprint density at radius 1 is 0.603 bits per heavy atom. The molecule has 5 atom stereocenters. The largest absolute Gasteiger partial charge is 0.348 e. The van der Waals surface area contributed by atoms with E-state index in [2.05, 4.69) is 223 Å². The minimum atomic E-state index is -0.0300. The van der Waals surface area contributed by atoms with Crippen molar-refractivity contribution in [1.82, 2.24) is 9.88 Å². The van der Waals surface area contributed by atoms with Crippen molar-refractivity contribution in [2.24, 2.45) is 16.8 Å². The summed E-state index contributed by atoms with van der Waals surface area (Å²) in [5.74, 6) is 2.36. The molecule has 0 bridgehead atoms. The summed E-state index contributed by atoms with van der Waals surface area (Å²) in [6.07, 6.45) is 13.8. The molecule has 0 fully saturated rings. The molecular formula is C59H48N4. The molecule has 4 heteroatoms. The van der Waals surface area contributed by atoms with Gasteiger partial charge in [0, 0.05) is 45.2 Å². The first-order valence-corrected chi connectivity index (χ1v) is 22.7. The lowest BCUT2D eigenvalue weighted by Gasteiger charge is -2.44. The summed E-state index contributed by atoms with van der Waals surface area (Å²) < 4.78 is 2.39. The third-order valence-corrected chi connectivity index (χ3v) is 15.1. The van der Waals surface area contributed by atoms with Gasteiger partial charge in [0.15, 0.2) is 0 Å². The van der Waals surface area contributed by atoms with E-state index in [0.29, 0.717) is 23.7 Å². The molecule has 1 aromatic heterocycles. The zero-order valence-corrected chi connectivity index (χ0v) is 35.6. The van der Waals surface area contributed by atoms with Crippen LogP contribution in [0.15, 0.2) is 205 Å². The minimum absolute atomic E-state index is 0.0300. The number of aromatic nitrogens is 1. The zero-order valence-electron chi connectivity index (χ0n) is 35.6. The summed E-state index contributed by atoms with van der Waals surface area (Å²) in [7, 11) is 0. The summed E-state index contributed by atoms with van der Waals surface area (Å²) in [6.45, 7) is 4.99. The number of anilines is 2. The van der Waals surface area contributed by atoms with E-state index in [4.69, 9.17) is 4.99 Å². The normalized spacial score (nSPS) is 22.4. The first kappa shape index (κ1) is 36.5. The molecule has 1 N–H and O–H groups in total. The highest BCUT2D eigenvalue weighted by molar-refractivity contribution is 6.15. The van der Waals surface area contributed by atoms with Crippen molar-refractivity contribution in [3.8, 4) is 22.3 Å². The zero-order chi connectivity index (χ0) is 41.8. The predicted octanol–water partition coefficient (Wildman–Crippen LogP) is 14.7. The number of benzene rings is 7. The van der Waals surface area contributed by atoms with Crippen molar-refractivity contribution in [1.29, 1.82) is 0 Å². The number of nitrogens with one attached hydrogen (secondary N) is 1. The average molecular weight is 813 g/mol. The van der Waals surface area contributed by atoms with Crippen LogP contribution in [0.2, 0.25) is 0 Å². The van der Waals surface area contributed by atoms with Crippen LogP contribution in [0, 0.1) is 11.8 Å². The summed E-state index contributed by atoms with van der Waals surface area (Å²) >= 11 is 0. The molecule has 4 nitrogen and oxygen atoms in total. The quantitative estimate of drug-likeness (QED) is 0.180. The van der Waals surface area contributed by atoms with Gasteiger partial charge in [0.05, 0.1) is 22.8 Å². The number of hydrogen-bond acceptors (Lipinski definition) is 3. The Bertz CT molecular complexity index is 3270. The molecule has 13 rings (SSSR count). The second-order valence-electron chi connectivity index (χ2n) is 18.7. The molecule has 5 aliphatic rings. The van der Waals surface area contributed by atoms with Crippen molar-refractivity contribution >= 4 is 44.8 Å². The molecule has 3 aliphatic carbocycles. The number of rotatable bonds is 4. The Kier molecular flexibility index (Phi) is 8.06. The summed E-state index contributed by atoms with van der Waals surface area (Å²) in [4.78, 5) is 7.91. The molecule has 0 amide bonds. The van der Waals surface area contributed by atoms with Crippen LogP contribution >= 0.6 is 0 Å². The van der Waals surface area contributed by atoms with Crippen LogP contribution in [-0.2, 0) is 5.41 Å². The molecule has 304 valence electrons. The fourth-order valence-electron chi connectivity index (χ4n) is 12.3. The van der Waals surface area contributed by atoms with Crippen LogP contribution in [0.25, 0.3) is 44.1 Å². The Balaban J connectivity index is 0.891. The van der Waals surface area contributed by atoms with Gasteiger partial charge in [-0.2, -0.15) is 0 Å². The number of fused-ring (bicyclic) bond motifs is 10. The predicted molar refractivity (Wildman–Crippen MR) is 261 cm³/mol. The van der Waals surface area contributed by atoms with Gasteiger partial charge in [-0.15, -0.1) is 0 Å². The molecule has 3 heterocycles. The van der Waals surface area contributed by atoms with E-state index < -0.39 is 0 Å². The first-order chi connectivity index (χ1) is 31.0. The number of nitrogens with zero attached hydrogens (tertiary/aromatic N) is 3. The van der Waals surface area contributed by atoms with Crippen LogP contribution in [-0.4, -0.2) is 10.5 Å². The maximum atomic E-state index is 5.47. The SMILES string of the molecule is CC1(C)c2cc(-c3ccccc3)ccc2C2C=CCC(C3NC(n4c5ccccc5c5cc(-c6ccc7c(c6)C6CC=CC=C6N7c6ccccc6)ccc54)=Nc4ccccc43)C21. The fraction of sp³-hybridized carbons (Fsp3) is 0.169. The highest BCUT2D eigenvalue weighted by atomic mass is 15.2. The molecule has 7 aromatic carbocycles. The molecule has 0 saturated carbocycles. The monoisotopic (exact) mass is 812 g/mol. The highest BCUT2D eigenvalue weighted by Crippen LogP contribution is 2.60. The van der Waals surface area contributed by atoms with Crippen LogP contribution in [0.5, 0.6) is 0 Å². The van der Waals surface area contributed by atoms with Crippen LogP contribution < -0.4 is 10.2 Å². The van der Waals surface area contributed by atoms with Crippen molar-refractivity contribution in [3.63, 3.8) is 0 Å². The third kappa shape index (κ3) is 5.50. The topological polar surface area (TPSA) is 32.6 Å². The van der Waals surface area contributed by atoms with Crippen LogP contribution in [0.1, 0.15) is 66.8 Å². The van der Waals surface area contributed by atoms with E-state index in [1.54, 1.807) is 0 Å². The van der Waals surface area contributed by atoms with E-state index in [0.717, 1.165) is 35.5 Å². The van der Waals surface area contributed by atoms with Gasteiger partial charge in [0.1, 0.15) is 0 Å². The maximum Gasteiger partial charge on any atom is 0.209 e.